The van der Waals surface area contributed by atoms with Crippen molar-refractivity contribution in [2.45, 2.75) is 0 Å². The van der Waals surface area contributed by atoms with E-state index in [-0.39, 0.29) is 0 Å². The number of carbonyl (C=O) groups is 1. The van der Waals surface area contributed by atoms with Crippen molar-refractivity contribution in [1.82, 2.24) is 14.6 Å². The van der Waals surface area contributed by atoms with Crippen LogP contribution in [0, 0.1) is 0 Å². The number of nitrogen functional groups attached to an aromatic ring is 1. The molecule has 2 N–H and O–H groups in total. The Kier molecular flexibility index (Phi) is 1.81. The first-order valence-corrected chi connectivity index (χ1v) is 3.89. The average molecular weight is 192 g/mol. The first kappa shape index (κ1) is 8.49. The van der Waals surface area contributed by atoms with Crippen LogP contribution in [-0.2, 0) is 0 Å². The fourth-order valence-corrected chi connectivity index (χ4v) is 1.28. The molecule has 0 unspecified atom stereocenters. The summed E-state index contributed by atoms with van der Waals surface area (Å²) in [6.45, 7) is 0. The lowest BCUT2D eigenvalue weighted by molar-refractivity contribution is 0.111. The van der Waals surface area contributed by atoms with Crippen LogP contribution >= 0.6 is 0 Å². The summed E-state index contributed by atoms with van der Waals surface area (Å²) < 4.78 is 6.40. The van der Waals surface area contributed by atoms with Crippen LogP contribution in [-0.4, -0.2) is 28.0 Å². The molecule has 0 spiro atoms. The van der Waals surface area contributed by atoms with Gasteiger partial charge in [-0.15, -0.1) is 0 Å². The van der Waals surface area contributed by atoms with Crippen LogP contribution in [0.3, 0.4) is 0 Å². The Bertz CT molecular complexity index is 491. The number of aromatic nitrogens is 3. The molecule has 6 heteroatoms. The predicted octanol–water partition coefficient (Wildman–Crippen LogP) is 0.133. The van der Waals surface area contributed by atoms with E-state index in [0.717, 1.165) is 0 Å². The van der Waals surface area contributed by atoms with Crippen molar-refractivity contribution < 1.29 is 9.53 Å². The molecule has 0 aliphatic carbocycles. The van der Waals surface area contributed by atoms with Gasteiger partial charge < -0.3 is 10.5 Å². The summed E-state index contributed by atoms with van der Waals surface area (Å²) in [6.07, 6.45) is 1.95. The van der Waals surface area contributed by atoms with Crippen LogP contribution in [0.15, 0.2) is 12.4 Å². The van der Waals surface area contributed by atoms with Gasteiger partial charge in [0.25, 0.3) is 0 Å². The number of nitrogens with two attached hydrogens (primary N) is 1. The lowest BCUT2D eigenvalue weighted by Crippen LogP contribution is -2.01. The zero-order valence-corrected chi connectivity index (χ0v) is 7.47. The van der Waals surface area contributed by atoms with Gasteiger partial charge in [-0.1, -0.05) is 0 Å². The molecule has 0 aliphatic rings. The number of rotatable bonds is 2. The molecule has 6 nitrogen and oxygen atoms in total. The standard InChI is InChI=1S/C8H8N4O2/c1-14-7-2-5-8(9)10-4-11-12(5)6(7)3-13/h2-4H,1H3,(H2,9,10,11). The summed E-state index contributed by atoms with van der Waals surface area (Å²) >= 11 is 0. The maximum Gasteiger partial charge on any atom is 0.172 e. The van der Waals surface area contributed by atoms with Crippen molar-refractivity contribution in [3.63, 3.8) is 0 Å². The summed E-state index contributed by atoms with van der Waals surface area (Å²) in [5.74, 6) is 0.749. The minimum atomic E-state index is 0.311. The molecule has 72 valence electrons. The molecular weight excluding hydrogens is 184 g/mol. The number of hydrogen-bond acceptors (Lipinski definition) is 5. The quantitative estimate of drug-likeness (QED) is 0.684. The summed E-state index contributed by atoms with van der Waals surface area (Å²) in [7, 11) is 1.48. The van der Waals surface area contributed by atoms with E-state index < -0.39 is 0 Å². The Labute approximate surface area is 79.3 Å². The van der Waals surface area contributed by atoms with Gasteiger partial charge in [0, 0.05) is 6.07 Å². The highest BCUT2D eigenvalue weighted by molar-refractivity contribution is 5.83. The van der Waals surface area contributed by atoms with Crippen LogP contribution in [0.2, 0.25) is 0 Å². The number of nitrogens with zero attached hydrogens (tertiary/aromatic N) is 3. The Hall–Kier alpha value is -2.11. The second kappa shape index (κ2) is 2.99. The van der Waals surface area contributed by atoms with Crippen LogP contribution < -0.4 is 10.5 Å². The van der Waals surface area contributed by atoms with E-state index in [1.165, 1.54) is 18.0 Å². The Balaban J connectivity index is 2.86. The number of methoxy groups -OCH3 is 1. The molecule has 0 bridgehead atoms. The third-order valence-corrected chi connectivity index (χ3v) is 1.93. The van der Waals surface area contributed by atoms with Crippen LogP contribution in [0.4, 0.5) is 5.82 Å². The van der Waals surface area contributed by atoms with E-state index in [1.54, 1.807) is 6.07 Å². The first-order chi connectivity index (χ1) is 6.77. The molecular formula is C8H8N4O2. The number of carbonyl (C=O) groups excluding carboxylic acids is 1. The third kappa shape index (κ3) is 1.00. The molecule has 0 amide bonds. The van der Waals surface area contributed by atoms with E-state index in [9.17, 15) is 4.79 Å². The molecule has 2 heterocycles. The minimum absolute atomic E-state index is 0.311. The van der Waals surface area contributed by atoms with Gasteiger partial charge >= 0.3 is 0 Å². The first-order valence-electron chi connectivity index (χ1n) is 3.89. The van der Waals surface area contributed by atoms with Gasteiger partial charge in [0.15, 0.2) is 12.1 Å². The van der Waals surface area contributed by atoms with Crippen molar-refractivity contribution in [2.24, 2.45) is 0 Å². The molecule has 0 atom stereocenters. The molecule has 0 saturated carbocycles. The summed E-state index contributed by atoms with van der Waals surface area (Å²) in [5, 5.41) is 3.90. The molecule has 2 aromatic rings. The SMILES string of the molecule is COc1cc2c(N)ncnn2c1C=O. The number of anilines is 1. The normalized spacial score (nSPS) is 10.4. The van der Waals surface area contributed by atoms with Gasteiger partial charge in [0.05, 0.1) is 7.11 Å². The molecule has 0 aromatic carbocycles. The smallest absolute Gasteiger partial charge is 0.172 e. The van der Waals surface area contributed by atoms with E-state index in [0.29, 0.717) is 29.1 Å². The average Bonchev–Trinajstić information content (AvgIpc) is 2.57. The van der Waals surface area contributed by atoms with E-state index in [2.05, 4.69) is 10.1 Å². The Morgan fingerprint density at radius 1 is 1.64 bits per heavy atom. The molecule has 2 rings (SSSR count). The fraction of sp³-hybridized carbons (Fsp3) is 0.125. The lowest BCUT2D eigenvalue weighted by atomic mass is 10.4. The largest absolute Gasteiger partial charge is 0.494 e. The van der Waals surface area contributed by atoms with Crippen molar-refractivity contribution in [1.29, 1.82) is 0 Å². The Morgan fingerprint density at radius 2 is 2.43 bits per heavy atom. The van der Waals surface area contributed by atoms with Crippen LogP contribution in [0.5, 0.6) is 5.75 Å². The summed E-state index contributed by atoms with van der Waals surface area (Å²) in [6, 6.07) is 1.62. The van der Waals surface area contributed by atoms with Gasteiger partial charge in [-0.25, -0.2) is 9.50 Å². The predicted molar refractivity (Wildman–Crippen MR) is 49.3 cm³/mol. The molecule has 0 saturated heterocycles. The number of fused-ring (bicyclic) bond motifs is 1. The highest BCUT2D eigenvalue weighted by Crippen LogP contribution is 2.23. The highest BCUT2D eigenvalue weighted by atomic mass is 16.5. The number of aldehydes is 1. The molecule has 14 heavy (non-hydrogen) atoms. The van der Waals surface area contributed by atoms with Crippen LogP contribution in [0.25, 0.3) is 5.52 Å². The van der Waals surface area contributed by atoms with Crippen molar-refractivity contribution in [2.75, 3.05) is 12.8 Å². The summed E-state index contributed by atoms with van der Waals surface area (Å²) in [4.78, 5) is 14.6. The van der Waals surface area contributed by atoms with E-state index in [4.69, 9.17) is 10.5 Å². The van der Waals surface area contributed by atoms with Gasteiger partial charge in [-0.2, -0.15) is 5.10 Å². The maximum atomic E-state index is 10.8. The zero-order chi connectivity index (χ0) is 10.1. The second-order valence-corrected chi connectivity index (χ2v) is 2.66. The van der Waals surface area contributed by atoms with Gasteiger partial charge in [0.1, 0.15) is 23.3 Å². The third-order valence-electron chi connectivity index (χ3n) is 1.93. The summed E-state index contributed by atoms with van der Waals surface area (Å²) in [5.41, 5.74) is 6.50. The van der Waals surface area contributed by atoms with Gasteiger partial charge in [-0.05, 0) is 0 Å². The van der Waals surface area contributed by atoms with Crippen molar-refractivity contribution in [3.8, 4) is 5.75 Å². The maximum absolute atomic E-state index is 10.8. The van der Waals surface area contributed by atoms with Gasteiger partial charge in [-0.3, -0.25) is 4.79 Å². The van der Waals surface area contributed by atoms with Gasteiger partial charge in [0.2, 0.25) is 0 Å². The molecule has 0 fully saturated rings. The number of ether oxygens (including phenoxy) is 1. The fourth-order valence-electron chi connectivity index (χ4n) is 1.28. The van der Waals surface area contributed by atoms with E-state index in [1.807, 2.05) is 0 Å². The van der Waals surface area contributed by atoms with Crippen LogP contribution in [0.1, 0.15) is 10.5 Å². The highest BCUT2D eigenvalue weighted by Gasteiger charge is 2.12. The number of hydrogen-bond donors (Lipinski definition) is 1. The second-order valence-electron chi connectivity index (χ2n) is 2.66. The molecule has 0 aliphatic heterocycles. The van der Waals surface area contributed by atoms with E-state index >= 15 is 0 Å². The topological polar surface area (TPSA) is 82.5 Å². The van der Waals surface area contributed by atoms with Crippen molar-refractivity contribution in [3.05, 3.63) is 18.1 Å². The molecule has 0 radical (unpaired) electrons. The molecule has 2 aromatic heterocycles. The Morgan fingerprint density at radius 3 is 3.07 bits per heavy atom. The van der Waals surface area contributed by atoms with Crippen molar-refractivity contribution >= 4 is 17.6 Å². The lowest BCUT2D eigenvalue weighted by Gasteiger charge is -1.97. The minimum Gasteiger partial charge on any atom is -0.494 e. The zero-order valence-electron chi connectivity index (χ0n) is 7.47. The monoisotopic (exact) mass is 192 g/mol.